The van der Waals surface area contributed by atoms with Gasteiger partial charge in [0.1, 0.15) is 11.5 Å². The Morgan fingerprint density at radius 3 is 2.55 bits per heavy atom. The number of pyridine rings is 3. The molecule has 0 atom stereocenters. The Hall–Kier alpha value is -5.14. The molecule has 3 aliphatic rings. The van der Waals surface area contributed by atoms with Crippen molar-refractivity contribution >= 4 is 34.4 Å². The van der Waals surface area contributed by atoms with E-state index < -0.39 is 0 Å². The smallest absolute Gasteiger partial charge is 0.282 e. The third-order valence-corrected chi connectivity index (χ3v) is 9.62. The summed E-state index contributed by atoms with van der Waals surface area (Å²) in [5.74, 6) is 0.662. The summed E-state index contributed by atoms with van der Waals surface area (Å²) < 4.78 is 10.1. The molecule has 1 N–H and O–H groups in total. The molecule has 5 aromatic rings. The van der Waals surface area contributed by atoms with E-state index in [1.165, 1.54) is 9.25 Å². The average molecular weight is 634 g/mol. The van der Waals surface area contributed by atoms with E-state index >= 15 is 0 Å². The second kappa shape index (κ2) is 11.9. The van der Waals surface area contributed by atoms with Crippen LogP contribution in [0.25, 0.3) is 27.8 Å². The number of hydrogen-bond donors (Lipinski definition) is 1. The van der Waals surface area contributed by atoms with E-state index in [0.717, 1.165) is 82.1 Å². The van der Waals surface area contributed by atoms with Crippen LogP contribution in [-0.4, -0.2) is 85.5 Å². The number of fused-ring (bicyclic) bond motifs is 3. The lowest BCUT2D eigenvalue weighted by Crippen LogP contribution is -2.56. The van der Waals surface area contributed by atoms with Crippen molar-refractivity contribution in [2.24, 2.45) is 7.05 Å². The Bertz CT molecular complexity index is 2110. The second-order valence-electron chi connectivity index (χ2n) is 12.4. The molecule has 3 aliphatic heterocycles. The number of ether oxygens (including phenoxy) is 1. The van der Waals surface area contributed by atoms with E-state index in [2.05, 4.69) is 34.8 Å². The molecule has 0 radical (unpaired) electrons. The summed E-state index contributed by atoms with van der Waals surface area (Å²) in [5, 5.41) is 8.16. The summed E-state index contributed by atoms with van der Waals surface area (Å²) >= 11 is 0. The zero-order valence-corrected chi connectivity index (χ0v) is 26.1. The fourth-order valence-corrected chi connectivity index (χ4v) is 6.92. The van der Waals surface area contributed by atoms with Crippen LogP contribution in [-0.2, 0) is 24.8 Å². The summed E-state index contributed by atoms with van der Waals surface area (Å²) in [5.41, 5.74) is 3.97. The van der Waals surface area contributed by atoms with Gasteiger partial charge in [-0.3, -0.25) is 19.3 Å². The zero-order valence-electron chi connectivity index (χ0n) is 26.1. The number of nitrogens with one attached hydrogen (secondary N) is 1. The minimum atomic E-state index is -0.329. The van der Waals surface area contributed by atoms with E-state index in [1.54, 1.807) is 37.8 Å². The molecule has 240 valence electrons. The quantitative estimate of drug-likeness (QED) is 0.267. The van der Waals surface area contributed by atoms with Crippen molar-refractivity contribution in [1.82, 2.24) is 33.8 Å². The molecule has 0 saturated carbocycles. The van der Waals surface area contributed by atoms with Crippen molar-refractivity contribution in [1.29, 1.82) is 0 Å². The van der Waals surface area contributed by atoms with Gasteiger partial charge in [-0.2, -0.15) is 9.78 Å². The first-order valence-electron chi connectivity index (χ1n) is 16.0. The number of piperazine rings is 1. The highest BCUT2D eigenvalue weighted by molar-refractivity contribution is 5.92. The number of nitrogens with zero attached hydrogens (tertiary/aromatic N) is 8. The van der Waals surface area contributed by atoms with Gasteiger partial charge >= 0.3 is 0 Å². The summed E-state index contributed by atoms with van der Waals surface area (Å²) in [6.07, 6.45) is 10.4. The van der Waals surface area contributed by atoms with Crippen LogP contribution in [0.2, 0.25) is 0 Å². The van der Waals surface area contributed by atoms with Crippen molar-refractivity contribution in [3.05, 3.63) is 87.1 Å². The van der Waals surface area contributed by atoms with Gasteiger partial charge in [0.05, 0.1) is 53.8 Å². The van der Waals surface area contributed by atoms with Crippen LogP contribution in [0.1, 0.15) is 28.9 Å². The summed E-state index contributed by atoms with van der Waals surface area (Å²) in [6.45, 7) is 6.32. The highest BCUT2D eigenvalue weighted by Gasteiger charge is 2.29. The highest BCUT2D eigenvalue weighted by atomic mass is 16.5. The maximum atomic E-state index is 13.7. The number of hydrogen-bond acceptors (Lipinski definition) is 10. The normalized spacial score (nSPS) is 17.0. The Morgan fingerprint density at radius 1 is 0.957 bits per heavy atom. The number of rotatable bonds is 7. The van der Waals surface area contributed by atoms with Crippen molar-refractivity contribution < 1.29 is 9.53 Å². The van der Waals surface area contributed by atoms with Gasteiger partial charge in [0.2, 0.25) is 0 Å². The highest BCUT2D eigenvalue weighted by Crippen LogP contribution is 2.29. The first-order chi connectivity index (χ1) is 23.0. The van der Waals surface area contributed by atoms with Crippen LogP contribution in [0, 0.1) is 0 Å². The predicted molar refractivity (Wildman–Crippen MR) is 178 cm³/mol. The number of aldehydes is 1. The molecule has 2 saturated heterocycles. The van der Waals surface area contributed by atoms with E-state index in [4.69, 9.17) is 4.74 Å². The van der Waals surface area contributed by atoms with E-state index in [9.17, 15) is 14.4 Å². The Morgan fingerprint density at radius 2 is 1.81 bits per heavy atom. The van der Waals surface area contributed by atoms with E-state index in [0.29, 0.717) is 40.3 Å². The van der Waals surface area contributed by atoms with Crippen LogP contribution in [0.5, 0.6) is 0 Å². The Kier molecular flexibility index (Phi) is 7.41. The molecule has 0 aliphatic carbocycles. The van der Waals surface area contributed by atoms with Gasteiger partial charge in [0.15, 0.2) is 12.1 Å². The van der Waals surface area contributed by atoms with Gasteiger partial charge < -0.3 is 24.1 Å². The topological polar surface area (TPSA) is 132 Å². The summed E-state index contributed by atoms with van der Waals surface area (Å²) in [6, 6.07) is 9.73. The Labute approximate surface area is 270 Å². The lowest BCUT2D eigenvalue weighted by atomic mass is 10.0. The molecular formula is C34H35N9O4. The fourth-order valence-electron chi connectivity index (χ4n) is 6.92. The molecule has 2 fully saturated rings. The third kappa shape index (κ3) is 5.21. The zero-order chi connectivity index (χ0) is 32.1. The van der Waals surface area contributed by atoms with Crippen molar-refractivity contribution in [2.75, 3.05) is 49.6 Å². The minimum Gasteiger partial charge on any atom is -0.378 e. The molecule has 5 aromatic heterocycles. The average Bonchev–Trinajstić information content (AvgIpc) is 3.46. The first-order valence-corrected chi connectivity index (χ1v) is 16.0. The van der Waals surface area contributed by atoms with Crippen molar-refractivity contribution in [3.63, 3.8) is 0 Å². The maximum Gasteiger partial charge on any atom is 0.282 e. The summed E-state index contributed by atoms with van der Waals surface area (Å²) in [4.78, 5) is 53.3. The number of aromatic nitrogens is 6. The van der Waals surface area contributed by atoms with Gasteiger partial charge in [0, 0.05) is 63.4 Å². The van der Waals surface area contributed by atoms with Crippen molar-refractivity contribution in [2.45, 2.75) is 31.8 Å². The molecule has 13 nitrogen and oxygen atoms in total. The van der Waals surface area contributed by atoms with Gasteiger partial charge in [-0.15, -0.1) is 0 Å². The van der Waals surface area contributed by atoms with Crippen LogP contribution in [0.4, 0.5) is 17.2 Å². The van der Waals surface area contributed by atoms with Crippen LogP contribution < -0.4 is 21.3 Å². The van der Waals surface area contributed by atoms with E-state index in [-0.39, 0.29) is 22.5 Å². The molecule has 8 rings (SSSR count). The number of carbonyl (C=O) groups is 1. The predicted octanol–water partition coefficient (Wildman–Crippen LogP) is 2.76. The third-order valence-electron chi connectivity index (χ3n) is 9.62. The number of carbonyl (C=O) groups excluding carboxylic acids is 1. The lowest BCUT2D eigenvalue weighted by molar-refractivity contribution is -0.0660. The second-order valence-corrected chi connectivity index (χ2v) is 12.4. The number of aryl methyl sites for hydroxylation is 3. The molecule has 13 heteroatoms. The van der Waals surface area contributed by atoms with Crippen LogP contribution in [0.3, 0.4) is 0 Å². The molecule has 47 heavy (non-hydrogen) atoms. The Balaban J connectivity index is 1.08. The molecule has 0 spiro atoms. The fraction of sp³-hybridized carbons (Fsp3) is 0.353. The molecule has 0 aromatic carbocycles. The first kappa shape index (κ1) is 29.3. The molecule has 0 unspecified atom stereocenters. The van der Waals surface area contributed by atoms with Gasteiger partial charge in [0.25, 0.3) is 11.1 Å². The molecule has 8 heterocycles. The lowest BCUT2D eigenvalue weighted by Gasteiger charge is -2.43. The number of anilines is 3. The largest absolute Gasteiger partial charge is 0.378 e. The molecule has 0 amide bonds. The van der Waals surface area contributed by atoms with Gasteiger partial charge in [-0.05, 0) is 55.2 Å². The minimum absolute atomic E-state index is 0.135. The van der Waals surface area contributed by atoms with E-state index in [1.807, 2.05) is 24.4 Å². The molecule has 0 bridgehead atoms. The molecular weight excluding hydrogens is 598 g/mol. The van der Waals surface area contributed by atoms with Gasteiger partial charge in [-0.1, -0.05) is 0 Å². The van der Waals surface area contributed by atoms with Crippen LogP contribution in [0.15, 0.2) is 64.7 Å². The van der Waals surface area contributed by atoms with Crippen molar-refractivity contribution in [3.8, 4) is 16.9 Å². The SMILES string of the molecule is Cn1cc(-c2ccnc(-n3ncc4c(cc5n4CCCC5)c3=O)c2C=O)cc(Nc2ccc(N3CCN(C4COC4)CC3)cn2)c1=O. The summed E-state index contributed by atoms with van der Waals surface area (Å²) in [7, 11) is 1.65. The monoisotopic (exact) mass is 633 g/mol. The standard InChI is InChI=1S/C34H35N9O4/c1-39-18-22(14-29(34(39)46)38-31-6-5-24(16-36-31)40-10-12-41(13-11-40)25-20-47-21-25)26-7-8-35-32(28(26)19-44)43-33(45)27-15-23-4-2-3-9-42(23)30(27)17-37-43/h5-8,14-19,25H,2-4,9-13,20-21H2,1H3,(H,36,38). The van der Waals surface area contributed by atoms with Crippen LogP contribution >= 0.6 is 0 Å². The van der Waals surface area contributed by atoms with Gasteiger partial charge in [-0.25, -0.2) is 9.97 Å². The maximum absolute atomic E-state index is 13.7.